The highest BCUT2D eigenvalue weighted by Gasteiger charge is 2.14. The lowest BCUT2D eigenvalue weighted by Gasteiger charge is -2.10. The fraction of sp³-hybridized carbons (Fsp3) is 0.318. The molecule has 0 atom stereocenters. The van der Waals surface area contributed by atoms with Crippen LogP contribution in [0.4, 0.5) is 5.95 Å². The summed E-state index contributed by atoms with van der Waals surface area (Å²) in [5.74, 6) is 0.225. The zero-order chi connectivity index (χ0) is 22.1. The molecular weight excluding hydrogens is 392 g/mol. The molecule has 9 nitrogen and oxygen atoms in total. The number of nitrogens with zero attached hydrogens (tertiary/aromatic N) is 6. The normalized spacial score (nSPS) is 11.4. The molecule has 4 aromatic heterocycles. The van der Waals surface area contributed by atoms with Crippen LogP contribution >= 0.6 is 0 Å². The highest BCUT2D eigenvalue weighted by Crippen LogP contribution is 2.31. The van der Waals surface area contributed by atoms with Crippen LogP contribution < -0.4 is 5.73 Å². The first-order valence-corrected chi connectivity index (χ1v) is 10.2. The van der Waals surface area contributed by atoms with Gasteiger partial charge in [0.2, 0.25) is 11.9 Å². The van der Waals surface area contributed by atoms with Crippen LogP contribution in [0.15, 0.2) is 36.9 Å². The van der Waals surface area contributed by atoms with Gasteiger partial charge in [-0.3, -0.25) is 9.48 Å². The van der Waals surface area contributed by atoms with E-state index >= 15 is 0 Å². The van der Waals surface area contributed by atoms with Crippen molar-refractivity contribution in [1.29, 1.82) is 0 Å². The van der Waals surface area contributed by atoms with Gasteiger partial charge in [0.1, 0.15) is 5.65 Å². The molecule has 0 saturated heterocycles. The van der Waals surface area contributed by atoms with Gasteiger partial charge in [0.25, 0.3) is 0 Å². The molecule has 9 heteroatoms. The van der Waals surface area contributed by atoms with Crippen LogP contribution in [0.25, 0.3) is 33.4 Å². The SMILES string of the molecule is CC(C)n1cc(-c2cnc3[nH]cc(-c4cc(CCC(=O)N(C)C)nc(N)n4)c3c2)cn1. The number of aromatic nitrogens is 6. The molecule has 160 valence electrons. The van der Waals surface area contributed by atoms with Gasteiger partial charge in [0.15, 0.2) is 0 Å². The number of pyridine rings is 1. The van der Waals surface area contributed by atoms with Crippen LogP contribution in [-0.2, 0) is 11.2 Å². The van der Waals surface area contributed by atoms with Crippen molar-refractivity contribution >= 4 is 22.9 Å². The summed E-state index contributed by atoms with van der Waals surface area (Å²) in [6, 6.07) is 4.24. The summed E-state index contributed by atoms with van der Waals surface area (Å²) in [7, 11) is 3.48. The van der Waals surface area contributed by atoms with Crippen LogP contribution in [-0.4, -0.2) is 54.6 Å². The number of aryl methyl sites for hydroxylation is 1. The van der Waals surface area contributed by atoms with Gasteiger partial charge >= 0.3 is 0 Å². The Morgan fingerprint density at radius 3 is 2.71 bits per heavy atom. The van der Waals surface area contributed by atoms with Gasteiger partial charge in [-0.2, -0.15) is 5.10 Å². The first-order valence-electron chi connectivity index (χ1n) is 10.2. The second kappa shape index (κ2) is 8.17. The quantitative estimate of drug-likeness (QED) is 0.497. The number of amides is 1. The van der Waals surface area contributed by atoms with Crippen molar-refractivity contribution in [2.75, 3.05) is 19.8 Å². The number of nitrogen functional groups attached to an aromatic ring is 1. The number of hydrogen-bond acceptors (Lipinski definition) is 6. The number of aromatic amines is 1. The summed E-state index contributed by atoms with van der Waals surface area (Å²) in [4.78, 5) is 30.0. The Morgan fingerprint density at radius 1 is 1.19 bits per heavy atom. The molecule has 0 saturated carbocycles. The minimum absolute atomic E-state index is 0.0432. The lowest BCUT2D eigenvalue weighted by Crippen LogP contribution is -2.22. The maximum atomic E-state index is 11.9. The van der Waals surface area contributed by atoms with Gasteiger partial charge < -0.3 is 15.6 Å². The third kappa shape index (κ3) is 4.25. The van der Waals surface area contributed by atoms with Gasteiger partial charge in [-0.05, 0) is 32.4 Å². The van der Waals surface area contributed by atoms with E-state index < -0.39 is 0 Å². The molecule has 3 N–H and O–H groups in total. The molecule has 0 fully saturated rings. The molecule has 0 spiro atoms. The number of nitrogens with one attached hydrogen (secondary N) is 1. The molecule has 31 heavy (non-hydrogen) atoms. The van der Waals surface area contributed by atoms with Crippen molar-refractivity contribution in [3.63, 3.8) is 0 Å². The van der Waals surface area contributed by atoms with Crippen LogP contribution in [0.2, 0.25) is 0 Å². The first kappa shape index (κ1) is 20.5. The Balaban J connectivity index is 1.70. The van der Waals surface area contributed by atoms with Gasteiger partial charge in [-0.25, -0.2) is 15.0 Å². The standard InChI is InChI=1S/C22H26N8O/c1-13(2)30-12-15(10-26-30)14-7-17-18(11-25-21(17)24-9-14)19-8-16(27-22(23)28-19)5-6-20(31)29(3)4/h7-13H,5-6H2,1-4H3,(H,24,25)(H2,23,27,28). The molecule has 4 aromatic rings. The summed E-state index contributed by atoms with van der Waals surface area (Å²) in [5.41, 5.74) is 11.0. The topological polar surface area (TPSA) is 119 Å². The molecular formula is C22H26N8O. The van der Waals surface area contributed by atoms with Gasteiger partial charge in [0, 0.05) is 72.9 Å². The minimum atomic E-state index is 0.0432. The lowest BCUT2D eigenvalue weighted by molar-refractivity contribution is -0.128. The Bertz CT molecular complexity index is 1240. The number of carbonyl (C=O) groups is 1. The van der Waals surface area contributed by atoms with Crippen molar-refractivity contribution in [3.8, 4) is 22.4 Å². The van der Waals surface area contributed by atoms with Crippen molar-refractivity contribution in [2.45, 2.75) is 32.7 Å². The van der Waals surface area contributed by atoms with Crippen molar-refractivity contribution in [2.24, 2.45) is 0 Å². The average molecular weight is 419 g/mol. The minimum Gasteiger partial charge on any atom is -0.368 e. The molecule has 0 aliphatic carbocycles. The Morgan fingerprint density at radius 2 is 2.00 bits per heavy atom. The number of anilines is 1. The molecule has 0 radical (unpaired) electrons. The summed E-state index contributed by atoms with van der Waals surface area (Å²) in [6.07, 6.45) is 8.42. The smallest absolute Gasteiger partial charge is 0.222 e. The number of H-pyrrole nitrogens is 1. The summed E-state index contributed by atoms with van der Waals surface area (Å²) >= 11 is 0. The van der Waals surface area contributed by atoms with Crippen LogP contribution in [0.1, 0.15) is 32.0 Å². The van der Waals surface area contributed by atoms with Crippen LogP contribution in [0.5, 0.6) is 0 Å². The average Bonchev–Trinajstić information content (AvgIpc) is 3.38. The summed E-state index contributed by atoms with van der Waals surface area (Å²) in [6.45, 7) is 4.18. The van der Waals surface area contributed by atoms with Crippen molar-refractivity contribution in [3.05, 3.63) is 42.6 Å². The summed E-state index contributed by atoms with van der Waals surface area (Å²) in [5, 5.41) is 5.36. The van der Waals surface area contributed by atoms with E-state index in [-0.39, 0.29) is 17.9 Å². The third-order valence-electron chi connectivity index (χ3n) is 5.16. The number of hydrogen-bond donors (Lipinski definition) is 2. The van der Waals surface area contributed by atoms with E-state index in [0.717, 1.165) is 33.4 Å². The van der Waals surface area contributed by atoms with Crippen molar-refractivity contribution < 1.29 is 4.79 Å². The van der Waals surface area contributed by atoms with Gasteiger partial charge in [0.05, 0.1) is 11.9 Å². The van der Waals surface area contributed by atoms with E-state index in [2.05, 4.69) is 44.9 Å². The molecule has 1 amide bonds. The van der Waals surface area contributed by atoms with Gasteiger partial charge in [-0.15, -0.1) is 0 Å². The number of fused-ring (bicyclic) bond motifs is 1. The van der Waals surface area contributed by atoms with E-state index in [1.807, 2.05) is 35.5 Å². The van der Waals surface area contributed by atoms with Crippen LogP contribution in [0, 0.1) is 0 Å². The van der Waals surface area contributed by atoms with Crippen LogP contribution in [0.3, 0.4) is 0 Å². The molecule has 0 unspecified atom stereocenters. The van der Waals surface area contributed by atoms with E-state index in [4.69, 9.17) is 5.73 Å². The lowest BCUT2D eigenvalue weighted by atomic mass is 10.1. The number of carbonyl (C=O) groups excluding carboxylic acids is 1. The fourth-order valence-electron chi connectivity index (χ4n) is 3.39. The maximum absolute atomic E-state index is 11.9. The van der Waals surface area contributed by atoms with Crippen molar-refractivity contribution in [1.82, 2.24) is 34.6 Å². The Kier molecular flexibility index (Phi) is 5.41. The molecule has 0 aliphatic heterocycles. The number of rotatable bonds is 6. The monoisotopic (exact) mass is 418 g/mol. The second-order valence-electron chi connectivity index (χ2n) is 8.02. The molecule has 4 rings (SSSR count). The third-order valence-corrected chi connectivity index (χ3v) is 5.16. The number of nitrogens with two attached hydrogens (primary N) is 1. The highest BCUT2D eigenvalue weighted by molar-refractivity contribution is 5.95. The highest BCUT2D eigenvalue weighted by atomic mass is 16.2. The summed E-state index contributed by atoms with van der Waals surface area (Å²) < 4.78 is 1.92. The zero-order valence-corrected chi connectivity index (χ0v) is 18.1. The Hall–Kier alpha value is -3.75. The maximum Gasteiger partial charge on any atom is 0.222 e. The van der Waals surface area contributed by atoms with E-state index in [0.29, 0.717) is 18.5 Å². The second-order valence-corrected chi connectivity index (χ2v) is 8.02. The zero-order valence-electron chi connectivity index (χ0n) is 18.1. The molecule has 0 aromatic carbocycles. The predicted molar refractivity (Wildman–Crippen MR) is 120 cm³/mol. The van der Waals surface area contributed by atoms with E-state index in [1.165, 1.54) is 0 Å². The molecule has 4 heterocycles. The Labute approximate surface area is 180 Å². The van der Waals surface area contributed by atoms with E-state index in [9.17, 15) is 4.79 Å². The molecule has 0 bridgehead atoms. The predicted octanol–water partition coefficient (Wildman–Crippen LogP) is 3.07. The van der Waals surface area contributed by atoms with Gasteiger partial charge in [-0.1, -0.05) is 0 Å². The first-order chi connectivity index (χ1) is 14.8. The fourth-order valence-corrected chi connectivity index (χ4v) is 3.39. The largest absolute Gasteiger partial charge is 0.368 e. The van der Waals surface area contributed by atoms with E-state index in [1.54, 1.807) is 19.0 Å². The molecule has 0 aliphatic rings.